The molecule has 13 nitrogen and oxygen atoms in total. The number of alkyl halides is 1. The van der Waals surface area contributed by atoms with E-state index >= 15 is 4.39 Å². The predicted molar refractivity (Wildman–Crippen MR) is 191 cm³/mol. The van der Waals surface area contributed by atoms with Crippen molar-refractivity contribution in [2.45, 2.75) is 128 Å². The number of nitrogens with one attached hydrogen (secondary N) is 3. The molecule has 3 N–H and O–H groups in total. The molecule has 2 aliphatic heterocycles. The summed E-state index contributed by atoms with van der Waals surface area (Å²) in [6.07, 6.45) is 6.27. The highest BCUT2D eigenvalue weighted by atomic mass is 35.5. The van der Waals surface area contributed by atoms with Crippen LogP contribution in [0.25, 0.3) is 0 Å². The van der Waals surface area contributed by atoms with Crippen LogP contribution in [0.2, 0.25) is 5.02 Å². The lowest BCUT2D eigenvalue weighted by Gasteiger charge is -2.36. The van der Waals surface area contributed by atoms with Crippen LogP contribution in [-0.4, -0.2) is 90.3 Å². The second-order valence-corrected chi connectivity index (χ2v) is 16.1. The largest absolute Gasteiger partial charge is 0.496 e. The normalized spacial score (nSPS) is 23.6. The van der Waals surface area contributed by atoms with Gasteiger partial charge in [-0.2, -0.15) is 0 Å². The molecule has 2 saturated carbocycles. The number of oxime groups is 1. The van der Waals surface area contributed by atoms with Gasteiger partial charge in [0.2, 0.25) is 17.7 Å². The minimum Gasteiger partial charge on any atom is -0.496 e. The first-order valence-electron chi connectivity index (χ1n) is 18.2. The van der Waals surface area contributed by atoms with Gasteiger partial charge in [0.1, 0.15) is 23.6 Å². The summed E-state index contributed by atoms with van der Waals surface area (Å²) in [6.45, 7) is 6.63. The van der Waals surface area contributed by atoms with Crippen molar-refractivity contribution in [2.75, 3.05) is 20.8 Å². The number of Topliss-reactive ketones (excluding diaryl/α,β-unsaturated/α-hetero) is 1. The van der Waals surface area contributed by atoms with E-state index in [0.717, 1.165) is 32.1 Å². The van der Waals surface area contributed by atoms with E-state index in [-0.39, 0.29) is 43.7 Å². The summed E-state index contributed by atoms with van der Waals surface area (Å²) in [6, 6.07) is 0.633. The molecule has 286 valence electrons. The number of methoxy groups -OCH3 is 2. The number of carbonyl (C=O) groups is 5. The number of rotatable bonds is 13. The number of amides is 4. The molecular weight excluding hydrogens is 697 g/mol. The summed E-state index contributed by atoms with van der Waals surface area (Å²) in [5, 5.41) is 12.2. The lowest BCUT2D eigenvalue weighted by molar-refractivity contribution is -0.151. The molecule has 2 aliphatic carbocycles. The summed E-state index contributed by atoms with van der Waals surface area (Å²) < 4.78 is 27.1. The Morgan fingerprint density at radius 1 is 1.06 bits per heavy atom. The average molecular weight is 748 g/mol. The van der Waals surface area contributed by atoms with E-state index in [1.54, 1.807) is 12.1 Å². The minimum atomic E-state index is -3.02. The Hall–Kier alpha value is -3.94. The maximum absolute atomic E-state index is 16.3. The number of likely N-dealkylation sites (tertiary alicyclic amines) is 1. The van der Waals surface area contributed by atoms with Crippen molar-refractivity contribution < 1.29 is 42.7 Å². The number of nitrogens with zero attached hydrogens (tertiary/aromatic N) is 2. The van der Waals surface area contributed by atoms with Gasteiger partial charge in [-0.1, -0.05) is 63.7 Å². The molecule has 0 unspecified atom stereocenters. The molecule has 0 aromatic heterocycles. The Morgan fingerprint density at radius 3 is 2.33 bits per heavy atom. The third kappa shape index (κ3) is 8.64. The maximum Gasteiger partial charge on any atom is 0.293 e. The Morgan fingerprint density at radius 2 is 1.73 bits per heavy atom. The van der Waals surface area contributed by atoms with Crippen LogP contribution in [0.5, 0.6) is 11.5 Å². The fraction of sp³-hybridized carbons (Fsp3) is 0.676. The molecule has 5 rings (SSSR count). The molecule has 1 spiro atoms. The molecule has 2 heterocycles. The lowest BCUT2D eigenvalue weighted by Crippen LogP contribution is -2.61. The maximum atomic E-state index is 16.3. The molecule has 1 aromatic carbocycles. The van der Waals surface area contributed by atoms with E-state index in [4.69, 9.17) is 25.9 Å². The number of carbonyl (C=O) groups excluding carboxylic acids is 5. The molecule has 3 fully saturated rings. The zero-order valence-corrected chi connectivity index (χ0v) is 31.6. The van der Waals surface area contributed by atoms with Crippen molar-refractivity contribution in [1.82, 2.24) is 20.9 Å². The summed E-state index contributed by atoms with van der Waals surface area (Å²) in [5.74, 6) is -6.36. The third-order valence-corrected chi connectivity index (χ3v) is 10.8. The van der Waals surface area contributed by atoms with Gasteiger partial charge in [-0.25, -0.2) is 4.39 Å². The second kappa shape index (κ2) is 15.6. The summed E-state index contributed by atoms with van der Waals surface area (Å²) in [7, 11) is 2.95. The highest BCUT2D eigenvalue weighted by Gasteiger charge is 2.57. The number of hydrogen-bond acceptors (Lipinski definition) is 9. The highest BCUT2D eigenvalue weighted by Crippen LogP contribution is 2.43. The van der Waals surface area contributed by atoms with Crippen molar-refractivity contribution in [3.05, 3.63) is 22.7 Å². The van der Waals surface area contributed by atoms with Crippen LogP contribution in [0.4, 0.5) is 4.39 Å². The van der Waals surface area contributed by atoms with Crippen molar-refractivity contribution >= 4 is 46.7 Å². The van der Waals surface area contributed by atoms with E-state index in [0.29, 0.717) is 40.6 Å². The van der Waals surface area contributed by atoms with Gasteiger partial charge in [0.15, 0.2) is 5.60 Å². The first-order valence-corrected chi connectivity index (χ1v) is 18.5. The first kappa shape index (κ1) is 39.3. The first-order chi connectivity index (χ1) is 24.5. The van der Waals surface area contributed by atoms with E-state index < -0.39 is 58.8 Å². The number of ketones is 1. The van der Waals surface area contributed by atoms with Gasteiger partial charge < -0.3 is 35.2 Å². The molecular formula is C37H51ClFN5O8. The Kier molecular flexibility index (Phi) is 11.8. The number of hydrogen-bond donors (Lipinski definition) is 3. The molecule has 1 saturated heterocycles. The fourth-order valence-corrected chi connectivity index (χ4v) is 7.53. The van der Waals surface area contributed by atoms with Gasteiger partial charge in [0.05, 0.1) is 31.5 Å². The second-order valence-electron chi connectivity index (χ2n) is 15.7. The van der Waals surface area contributed by atoms with E-state index in [1.807, 2.05) is 20.8 Å². The van der Waals surface area contributed by atoms with Gasteiger partial charge >= 0.3 is 0 Å². The van der Waals surface area contributed by atoms with E-state index in [1.165, 1.54) is 26.0 Å². The van der Waals surface area contributed by atoms with Gasteiger partial charge in [-0.15, -0.1) is 0 Å². The minimum absolute atomic E-state index is 0.116. The zero-order valence-electron chi connectivity index (χ0n) is 30.9. The van der Waals surface area contributed by atoms with Crippen LogP contribution >= 0.6 is 11.6 Å². The monoisotopic (exact) mass is 747 g/mol. The lowest BCUT2D eigenvalue weighted by atomic mass is 9.84. The van der Waals surface area contributed by atoms with Gasteiger partial charge in [0.25, 0.3) is 17.5 Å². The van der Waals surface area contributed by atoms with Gasteiger partial charge in [-0.3, -0.25) is 24.0 Å². The van der Waals surface area contributed by atoms with Crippen molar-refractivity contribution in [1.29, 1.82) is 0 Å². The Balaban J connectivity index is 1.43. The number of halogens is 2. The van der Waals surface area contributed by atoms with Crippen LogP contribution in [0.1, 0.15) is 104 Å². The summed E-state index contributed by atoms with van der Waals surface area (Å²) in [5.41, 5.74) is -1.08. The van der Waals surface area contributed by atoms with Crippen LogP contribution in [0.15, 0.2) is 17.3 Å². The third-order valence-electron chi connectivity index (χ3n) is 10.5. The van der Waals surface area contributed by atoms with E-state index in [2.05, 4.69) is 21.1 Å². The number of ether oxygens (including phenoxy) is 2. The van der Waals surface area contributed by atoms with Crippen molar-refractivity contribution in [2.24, 2.45) is 16.5 Å². The fourth-order valence-electron chi connectivity index (χ4n) is 7.29. The quantitative estimate of drug-likeness (QED) is 0.198. The molecule has 15 heteroatoms. The molecule has 0 radical (unpaired) electrons. The van der Waals surface area contributed by atoms with Crippen molar-refractivity contribution in [3.63, 3.8) is 0 Å². The molecule has 4 amide bonds. The Labute approximate surface area is 309 Å². The highest BCUT2D eigenvalue weighted by molar-refractivity contribution is 6.39. The van der Waals surface area contributed by atoms with Crippen molar-refractivity contribution in [3.8, 4) is 11.5 Å². The van der Waals surface area contributed by atoms with Gasteiger partial charge in [-0.05, 0) is 43.1 Å². The van der Waals surface area contributed by atoms with Crippen LogP contribution < -0.4 is 25.4 Å². The predicted octanol–water partition coefficient (Wildman–Crippen LogP) is 4.36. The SMILES string of the molecule is CC[C@](F)(NC(=O)[C@@H]1C[C@]2(CC(c3cc(Cl)c(OC)cc3OC)=NO2)CN1C(=O)[C@@H](NC(=O)CC1CCCCC1)C(C)(C)C)C(=O)C(=O)NC1CC1. The Bertz CT molecular complexity index is 1610. The van der Waals surface area contributed by atoms with Crippen LogP contribution in [-0.2, 0) is 28.8 Å². The van der Waals surface area contributed by atoms with Gasteiger partial charge in [0, 0.05) is 43.4 Å². The number of benzene rings is 1. The van der Waals surface area contributed by atoms with Crippen LogP contribution in [0, 0.1) is 11.3 Å². The zero-order chi connectivity index (χ0) is 38.0. The summed E-state index contributed by atoms with van der Waals surface area (Å²) in [4.78, 5) is 75.0. The standard InChI is InChI=1S/C37H51ClFN5O8/c1-7-37(39,31(46)33(48)40-22-13-14-22)42-32(47)26-19-36(18-25(43-52-36)23-16-24(38)28(51-6)17-27(23)50-5)20-44(26)34(49)30(35(2,3)4)41-29(45)15-21-11-9-8-10-12-21/h16-17,21-22,26,30H,7-15,18-20H2,1-6H3,(H,40,48)(H,41,45)(H,42,47)/t26-,30+,36+,37-/m0/s1. The molecule has 4 atom stereocenters. The average Bonchev–Trinajstić information content (AvgIpc) is 3.70. The van der Waals surface area contributed by atoms with E-state index in [9.17, 15) is 24.0 Å². The smallest absolute Gasteiger partial charge is 0.293 e. The van der Waals surface area contributed by atoms with Crippen LogP contribution in [0.3, 0.4) is 0 Å². The molecule has 52 heavy (non-hydrogen) atoms. The molecule has 4 aliphatic rings. The molecule has 0 bridgehead atoms. The summed E-state index contributed by atoms with van der Waals surface area (Å²) >= 11 is 6.44. The topological polar surface area (TPSA) is 165 Å². The molecule has 1 aromatic rings.